The van der Waals surface area contributed by atoms with Gasteiger partial charge in [-0.2, -0.15) is 5.26 Å². The Morgan fingerprint density at radius 1 is 1.00 bits per heavy atom. The van der Waals surface area contributed by atoms with Gasteiger partial charge < -0.3 is 4.57 Å². The number of nitrogens with zero attached hydrogens (tertiary/aromatic N) is 2. The molecule has 0 unspecified atom stereocenters. The molecule has 0 bridgehead atoms. The van der Waals surface area contributed by atoms with Crippen LogP contribution in [0.4, 0.5) is 0 Å². The summed E-state index contributed by atoms with van der Waals surface area (Å²) < 4.78 is 1.98. The minimum atomic E-state index is 0.390. The summed E-state index contributed by atoms with van der Waals surface area (Å²) in [5.41, 5.74) is 4.76. The maximum Gasteiger partial charge on any atom is 0.110 e. The van der Waals surface area contributed by atoms with Gasteiger partial charge in [-0.05, 0) is 35.6 Å². The number of aromatic nitrogens is 1. The molecule has 19 heavy (non-hydrogen) atoms. The number of benzene rings is 2. The van der Waals surface area contributed by atoms with Crippen molar-refractivity contribution in [3.05, 3.63) is 60.3 Å². The molecule has 2 aromatic carbocycles. The van der Waals surface area contributed by atoms with Crippen LogP contribution in [0.15, 0.2) is 54.7 Å². The Morgan fingerprint density at radius 3 is 2.47 bits per heavy atom. The van der Waals surface area contributed by atoms with Crippen molar-refractivity contribution in [1.82, 2.24) is 4.57 Å². The molecule has 0 saturated heterocycles. The van der Waals surface area contributed by atoms with Crippen LogP contribution in [-0.4, -0.2) is 4.57 Å². The van der Waals surface area contributed by atoms with Crippen molar-refractivity contribution in [1.29, 1.82) is 5.26 Å². The summed E-state index contributed by atoms with van der Waals surface area (Å²) in [4.78, 5) is 0. The monoisotopic (exact) mass is 246 g/mol. The molecule has 0 atom stereocenters. The van der Waals surface area contributed by atoms with E-state index >= 15 is 0 Å². The van der Waals surface area contributed by atoms with Crippen molar-refractivity contribution in [2.45, 2.75) is 13.5 Å². The number of aryl methyl sites for hydroxylation is 1. The van der Waals surface area contributed by atoms with E-state index in [9.17, 15) is 0 Å². The summed E-state index contributed by atoms with van der Waals surface area (Å²) >= 11 is 0. The molecule has 0 aliphatic heterocycles. The SMILES string of the molecule is Cc1ccc(-c2ccc3ccn(CC#N)c3c2)cc1. The van der Waals surface area contributed by atoms with E-state index in [-0.39, 0.29) is 0 Å². The predicted molar refractivity (Wildman–Crippen MR) is 77.7 cm³/mol. The summed E-state index contributed by atoms with van der Waals surface area (Å²) in [7, 11) is 0. The standard InChI is InChI=1S/C17H14N2/c1-13-2-4-14(5-3-13)16-7-6-15-8-10-19(11-9-18)17(15)12-16/h2-8,10,12H,11H2,1H3. The molecule has 2 nitrogen and oxygen atoms in total. The third-order valence-electron chi connectivity index (χ3n) is 3.40. The van der Waals surface area contributed by atoms with Crippen molar-refractivity contribution in [3.63, 3.8) is 0 Å². The second-order valence-corrected chi connectivity index (χ2v) is 4.74. The molecule has 0 spiro atoms. The zero-order valence-corrected chi connectivity index (χ0v) is 10.8. The van der Waals surface area contributed by atoms with Gasteiger partial charge in [0.1, 0.15) is 6.54 Å². The lowest BCUT2D eigenvalue weighted by molar-refractivity contribution is 0.874. The van der Waals surface area contributed by atoms with Crippen molar-refractivity contribution >= 4 is 10.9 Å². The third-order valence-corrected chi connectivity index (χ3v) is 3.40. The molecule has 3 aromatic rings. The van der Waals surface area contributed by atoms with Crippen LogP contribution >= 0.6 is 0 Å². The molecule has 92 valence electrons. The van der Waals surface area contributed by atoms with E-state index < -0.39 is 0 Å². The number of fused-ring (bicyclic) bond motifs is 1. The van der Waals surface area contributed by atoms with E-state index in [1.54, 1.807) is 0 Å². The lowest BCUT2D eigenvalue weighted by Gasteiger charge is -2.05. The zero-order chi connectivity index (χ0) is 13.2. The van der Waals surface area contributed by atoms with E-state index in [1.165, 1.54) is 22.1 Å². The molecule has 1 aromatic heterocycles. The zero-order valence-electron chi connectivity index (χ0n) is 10.8. The van der Waals surface area contributed by atoms with Crippen molar-refractivity contribution in [2.24, 2.45) is 0 Å². The molecule has 0 radical (unpaired) electrons. The van der Waals surface area contributed by atoms with Crippen LogP contribution in [0, 0.1) is 18.3 Å². The summed E-state index contributed by atoms with van der Waals surface area (Å²) in [5, 5.41) is 10.0. The molecular formula is C17H14N2. The Balaban J connectivity index is 2.12. The van der Waals surface area contributed by atoms with Gasteiger partial charge in [0.25, 0.3) is 0 Å². The van der Waals surface area contributed by atoms with Gasteiger partial charge in [0.05, 0.1) is 6.07 Å². The van der Waals surface area contributed by atoms with E-state index in [0.717, 1.165) is 5.52 Å². The van der Waals surface area contributed by atoms with Crippen LogP contribution in [-0.2, 0) is 6.54 Å². The maximum absolute atomic E-state index is 8.84. The molecule has 0 aliphatic rings. The topological polar surface area (TPSA) is 28.7 Å². The third kappa shape index (κ3) is 2.11. The molecule has 0 N–H and O–H groups in total. The molecule has 3 rings (SSSR count). The summed E-state index contributed by atoms with van der Waals surface area (Å²) in [5.74, 6) is 0. The van der Waals surface area contributed by atoms with Crippen LogP contribution in [0.25, 0.3) is 22.0 Å². The first kappa shape index (κ1) is 11.6. The van der Waals surface area contributed by atoms with Gasteiger partial charge in [0.2, 0.25) is 0 Å². The van der Waals surface area contributed by atoms with E-state index in [1.807, 2.05) is 16.8 Å². The molecule has 0 fully saturated rings. The second kappa shape index (κ2) is 4.62. The summed E-state index contributed by atoms with van der Waals surface area (Å²) in [6.45, 7) is 2.48. The predicted octanol–water partition coefficient (Wildman–Crippen LogP) is 4.14. The molecule has 0 aliphatic carbocycles. The highest BCUT2D eigenvalue weighted by atomic mass is 14.9. The van der Waals surface area contributed by atoms with Gasteiger partial charge in [-0.25, -0.2) is 0 Å². The highest BCUT2D eigenvalue weighted by Gasteiger charge is 2.03. The van der Waals surface area contributed by atoms with Gasteiger partial charge in [-0.15, -0.1) is 0 Å². The van der Waals surface area contributed by atoms with Crippen LogP contribution in [0.1, 0.15) is 5.56 Å². The first-order valence-electron chi connectivity index (χ1n) is 6.31. The van der Waals surface area contributed by atoms with E-state index in [0.29, 0.717) is 6.54 Å². The highest BCUT2D eigenvalue weighted by molar-refractivity contribution is 5.85. The first-order valence-corrected chi connectivity index (χ1v) is 6.31. The van der Waals surface area contributed by atoms with Gasteiger partial charge in [-0.1, -0.05) is 42.0 Å². The smallest absolute Gasteiger partial charge is 0.110 e. The Labute approximate surface area is 112 Å². The summed E-state index contributed by atoms with van der Waals surface area (Å²) in [6, 6.07) is 19.1. The normalized spacial score (nSPS) is 10.5. The van der Waals surface area contributed by atoms with Crippen LogP contribution in [0.2, 0.25) is 0 Å². The number of hydrogen-bond acceptors (Lipinski definition) is 1. The van der Waals surface area contributed by atoms with Crippen molar-refractivity contribution < 1.29 is 0 Å². The van der Waals surface area contributed by atoms with E-state index in [2.05, 4.69) is 55.5 Å². The first-order chi connectivity index (χ1) is 9.28. The number of rotatable bonds is 2. The van der Waals surface area contributed by atoms with Crippen LogP contribution in [0.5, 0.6) is 0 Å². The second-order valence-electron chi connectivity index (χ2n) is 4.74. The van der Waals surface area contributed by atoms with Crippen LogP contribution < -0.4 is 0 Å². The minimum absolute atomic E-state index is 0.390. The fourth-order valence-corrected chi connectivity index (χ4v) is 2.32. The Bertz CT molecular complexity index is 758. The average molecular weight is 246 g/mol. The molecule has 0 saturated carbocycles. The van der Waals surface area contributed by atoms with Gasteiger partial charge >= 0.3 is 0 Å². The van der Waals surface area contributed by atoms with Gasteiger partial charge in [0.15, 0.2) is 0 Å². The fourth-order valence-electron chi connectivity index (χ4n) is 2.32. The Morgan fingerprint density at radius 2 is 1.74 bits per heavy atom. The quantitative estimate of drug-likeness (QED) is 0.668. The van der Waals surface area contributed by atoms with Gasteiger partial charge in [0, 0.05) is 11.7 Å². The van der Waals surface area contributed by atoms with Gasteiger partial charge in [-0.3, -0.25) is 0 Å². The largest absolute Gasteiger partial charge is 0.334 e. The maximum atomic E-state index is 8.84. The lowest BCUT2D eigenvalue weighted by Crippen LogP contribution is -1.92. The van der Waals surface area contributed by atoms with Crippen molar-refractivity contribution in [3.8, 4) is 17.2 Å². The average Bonchev–Trinajstić information content (AvgIpc) is 2.83. The van der Waals surface area contributed by atoms with E-state index in [4.69, 9.17) is 5.26 Å². The molecular weight excluding hydrogens is 232 g/mol. The number of nitriles is 1. The summed E-state index contributed by atoms with van der Waals surface area (Å²) in [6.07, 6.45) is 1.97. The Hall–Kier alpha value is -2.53. The molecule has 1 heterocycles. The van der Waals surface area contributed by atoms with Crippen molar-refractivity contribution in [2.75, 3.05) is 0 Å². The minimum Gasteiger partial charge on any atom is -0.334 e. The van der Waals surface area contributed by atoms with Crippen LogP contribution in [0.3, 0.4) is 0 Å². The Kier molecular flexibility index (Phi) is 2.81. The number of hydrogen-bond donors (Lipinski definition) is 0. The molecule has 2 heteroatoms. The fraction of sp³-hybridized carbons (Fsp3) is 0.118. The highest BCUT2D eigenvalue weighted by Crippen LogP contribution is 2.25. The molecule has 0 amide bonds. The lowest BCUT2D eigenvalue weighted by atomic mass is 10.0.